The third kappa shape index (κ3) is 2.75. The van der Waals surface area contributed by atoms with E-state index in [1.165, 1.54) is 24.3 Å². The zero-order valence-corrected chi connectivity index (χ0v) is 12.4. The van der Waals surface area contributed by atoms with Gasteiger partial charge < -0.3 is 0 Å². The van der Waals surface area contributed by atoms with Gasteiger partial charge in [0.15, 0.2) is 11.4 Å². The fraction of sp³-hybridized carbons (Fsp3) is 0. The highest BCUT2D eigenvalue weighted by Gasteiger charge is 2.20. The predicted octanol–water partition coefficient (Wildman–Crippen LogP) is 2.98. The molecular formula is C13H7ClFN5O4. The molecule has 0 aliphatic rings. The number of non-ortho nitro benzene ring substituents is 1. The lowest BCUT2D eigenvalue weighted by molar-refractivity contribution is -0.383. The number of nitrogens with zero attached hydrogens (tertiary/aromatic N) is 4. The number of fused-ring (bicyclic) bond motifs is 1. The van der Waals surface area contributed by atoms with E-state index in [2.05, 4.69) is 19.9 Å². The summed E-state index contributed by atoms with van der Waals surface area (Å²) in [5.74, 6) is -0.703. The molecular weight excluding hydrogens is 345 g/mol. The van der Waals surface area contributed by atoms with Crippen LogP contribution in [0.3, 0.4) is 0 Å². The first kappa shape index (κ1) is 15.8. The van der Waals surface area contributed by atoms with Crippen LogP contribution in [0.4, 0.5) is 15.8 Å². The van der Waals surface area contributed by atoms with E-state index in [1.807, 2.05) is 5.48 Å². The van der Waals surface area contributed by atoms with Gasteiger partial charge >= 0.3 is 5.69 Å². The molecule has 0 unspecified atom stereocenters. The van der Waals surface area contributed by atoms with E-state index in [4.69, 9.17) is 11.6 Å². The molecule has 122 valence electrons. The Morgan fingerprint density at radius 1 is 1.33 bits per heavy atom. The maximum atomic E-state index is 13.2. The third-order valence-electron chi connectivity index (χ3n) is 3.10. The molecule has 0 radical (unpaired) electrons. The summed E-state index contributed by atoms with van der Waals surface area (Å²) < 4.78 is 17.8. The second kappa shape index (κ2) is 6.18. The highest BCUT2D eigenvalue weighted by molar-refractivity contribution is 6.31. The van der Waals surface area contributed by atoms with Crippen molar-refractivity contribution in [1.82, 2.24) is 15.8 Å². The number of halogens is 2. The predicted molar refractivity (Wildman–Crippen MR) is 81.0 cm³/mol. The van der Waals surface area contributed by atoms with Crippen molar-refractivity contribution in [2.45, 2.75) is 0 Å². The molecule has 1 heterocycles. The van der Waals surface area contributed by atoms with Crippen LogP contribution in [-0.2, 0) is 0 Å². The zero-order chi connectivity index (χ0) is 17.3. The van der Waals surface area contributed by atoms with Gasteiger partial charge in [-0.2, -0.15) is 0 Å². The quantitative estimate of drug-likeness (QED) is 0.321. The molecule has 24 heavy (non-hydrogen) atoms. The van der Waals surface area contributed by atoms with Gasteiger partial charge in [0.25, 0.3) is 0 Å². The molecule has 0 aliphatic heterocycles. The lowest BCUT2D eigenvalue weighted by Crippen LogP contribution is -2.20. The van der Waals surface area contributed by atoms with E-state index in [9.17, 15) is 19.7 Å². The normalized spacial score (nSPS) is 11.7. The number of rotatable bonds is 3. The van der Waals surface area contributed by atoms with Crippen LogP contribution >= 0.6 is 11.6 Å². The summed E-state index contributed by atoms with van der Waals surface area (Å²) in [4.78, 5) is 14.4. The number of aliphatic imine (C=N–C) groups is 1. The average Bonchev–Trinajstić information content (AvgIpc) is 3.04. The minimum absolute atomic E-state index is 0.0326. The number of aromatic nitrogens is 2. The maximum Gasteiger partial charge on any atom is 0.300 e. The highest BCUT2D eigenvalue weighted by Crippen LogP contribution is 2.31. The van der Waals surface area contributed by atoms with Gasteiger partial charge in [-0.3, -0.25) is 20.8 Å². The molecule has 2 aromatic carbocycles. The molecule has 11 heteroatoms. The molecule has 3 aromatic rings. The number of benzene rings is 2. The van der Waals surface area contributed by atoms with Gasteiger partial charge in [-0.05, 0) is 34.6 Å². The van der Waals surface area contributed by atoms with Crippen LogP contribution in [0.25, 0.3) is 11.0 Å². The Morgan fingerprint density at radius 3 is 2.75 bits per heavy atom. The van der Waals surface area contributed by atoms with Gasteiger partial charge in [0, 0.05) is 11.6 Å². The van der Waals surface area contributed by atoms with Gasteiger partial charge in [0.2, 0.25) is 5.52 Å². The average molecular weight is 352 g/mol. The van der Waals surface area contributed by atoms with Crippen molar-refractivity contribution < 1.29 is 19.2 Å². The van der Waals surface area contributed by atoms with Crippen LogP contribution in [0, 0.1) is 15.9 Å². The molecule has 0 atom stereocenters. The first-order valence-electron chi connectivity index (χ1n) is 6.35. The topological polar surface area (TPSA) is 127 Å². The second-order valence-corrected chi connectivity index (χ2v) is 4.93. The first-order valence-corrected chi connectivity index (χ1v) is 6.73. The van der Waals surface area contributed by atoms with Crippen LogP contribution < -0.4 is 5.48 Å². The summed E-state index contributed by atoms with van der Waals surface area (Å²) in [7, 11) is 0. The van der Waals surface area contributed by atoms with Gasteiger partial charge in [-0.15, -0.1) is 0 Å². The van der Waals surface area contributed by atoms with Crippen molar-refractivity contribution in [1.29, 1.82) is 0 Å². The van der Waals surface area contributed by atoms with Crippen LogP contribution in [-0.4, -0.2) is 26.3 Å². The van der Waals surface area contributed by atoms with Crippen LogP contribution in [0.2, 0.25) is 5.02 Å². The second-order valence-electron chi connectivity index (χ2n) is 4.52. The Labute approximate surface area is 137 Å². The molecule has 0 saturated heterocycles. The minimum Gasteiger partial charge on any atom is -0.290 e. The lowest BCUT2D eigenvalue weighted by atomic mass is 10.2. The van der Waals surface area contributed by atoms with E-state index < -0.39 is 10.7 Å². The van der Waals surface area contributed by atoms with Crippen molar-refractivity contribution in [3.63, 3.8) is 0 Å². The summed E-state index contributed by atoms with van der Waals surface area (Å²) in [6.07, 6.45) is 0. The van der Waals surface area contributed by atoms with Crippen LogP contribution in [0.5, 0.6) is 0 Å². The number of hydrogen-bond donors (Lipinski definition) is 2. The molecule has 9 nitrogen and oxygen atoms in total. The van der Waals surface area contributed by atoms with E-state index in [0.29, 0.717) is 0 Å². The van der Waals surface area contributed by atoms with Crippen molar-refractivity contribution in [3.05, 3.63) is 56.8 Å². The number of nitrogens with one attached hydrogen (secondary N) is 1. The number of hydroxylamine groups is 1. The van der Waals surface area contributed by atoms with Gasteiger partial charge in [0.05, 0.1) is 15.6 Å². The van der Waals surface area contributed by atoms with Crippen molar-refractivity contribution >= 4 is 39.8 Å². The zero-order valence-electron chi connectivity index (χ0n) is 11.6. The molecule has 0 saturated carbocycles. The van der Waals surface area contributed by atoms with Crippen LogP contribution in [0.15, 0.2) is 40.0 Å². The Balaban J connectivity index is 2.13. The molecule has 0 spiro atoms. The van der Waals surface area contributed by atoms with Gasteiger partial charge in [0.1, 0.15) is 5.82 Å². The van der Waals surface area contributed by atoms with Crippen molar-refractivity contribution in [2.24, 2.45) is 4.99 Å². The van der Waals surface area contributed by atoms with Crippen molar-refractivity contribution in [3.8, 4) is 0 Å². The molecule has 0 amide bonds. The minimum atomic E-state index is -0.634. The SMILES string of the molecule is O=[N+]([O-])c1ccc(N=C(NO)c2ccc(F)c(Cl)c2)c2nonc12. The fourth-order valence-electron chi connectivity index (χ4n) is 2.00. The Hall–Kier alpha value is -3.11. The largest absolute Gasteiger partial charge is 0.300 e. The molecule has 0 bridgehead atoms. The summed E-state index contributed by atoms with van der Waals surface area (Å²) in [6.45, 7) is 0. The number of amidine groups is 1. The van der Waals surface area contributed by atoms with Crippen LogP contribution in [0.1, 0.15) is 5.56 Å². The van der Waals surface area contributed by atoms with E-state index in [0.717, 1.165) is 6.07 Å². The maximum absolute atomic E-state index is 13.2. The monoisotopic (exact) mass is 351 g/mol. The number of nitro benzene ring substituents is 1. The van der Waals surface area contributed by atoms with Gasteiger partial charge in [-0.1, -0.05) is 11.6 Å². The summed E-state index contributed by atoms with van der Waals surface area (Å²) >= 11 is 5.70. The molecule has 1 aromatic heterocycles. The Morgan fingerprint density at radius 2 is 2.08 bits per heavy atom. The standard InChI is InChI=1S/C13H7ClFN5O4/c14-7-5-6(1-2-8(7)15)13(17-21)16-9-3-4-10(20(22)23)12-11(9)18-24-19-12/h1-5,21H,(H,16,17). The number of hydrogen-bond acceptors (Lipinski definition) is 7. The first-order chi connectivity index (χ1) is 11.5. The summed E-state index contributed by atoms with van der Waals surface area (Å²) in [5.41, 5.74) is 1.94. The molecule has 0 fully saturated rings. The molecule has 2 N–H and O–H groups in total. The molecule has 3 rings (SSSR count). The third-order valence-corrected chi connectivity index (χ3v) is 3.39. The fourth-order valence-corrected chi connectivity index (χ4v) is 2.18. The number of nitro groups is 1. The Kier molecular flexibility index (Phi) is 4.06. The van der Waals surface area contributed by atoms with E-state index in [-0.39, 0.29) is 38.8 Å². The van der Waals surface area contributed by atoms with E-state index in [1.54, 1.807) is 0 Å². The highest BCUT2D eigenvalue weighted by atomic mass is 35.5. The van der Waals surface area contributed by atoms with Gasteiger partial charge in [-0.25, -0.2) is 14.0 Å². The smallest absolute Gasteiger partial charge is 0.290 e. The van der Waals surface area contributed by atoms with E-state index >= 15 is 0 Å². The molecule has 0 aliphatic carbocycles. The summed E-state index contributed by atoms with van der Waals surface area (Å²) in [6, 6.07) is 6.19. The summed E-state index contributed by atoms with van der Waals surface area (Å²) in [5, 5.41) is 27.1. The Bertz CT molecular complexity index is 974. The lowest BCUT2D eigenvalue weighted by Gasteiger charge is -2.06. The van der Waals surface area contributed by atoms with Crippen molar-refractivity contribution in [2.75, 3.05) is 0 Å².